The van der Waals surface area contributed by atoms with E-state index in [0.717, 1.165) is 61.4 Å². The van der Waals surface area contributed by atoms with Crippen LogP contribution >= 0.6 is 0 Å². The first-order chi connectivity index (χ1) is 14.6. The molecule has 0 saturated carbocycles. The summed E-state index contributed by atoms with van der Waals surface area (Å²) >= 11 is 0. The minimum Gasteiger partial charge on any atom is -0.497 e. The molecule has 1 saturated heterocycles. The molecule has 7 nitrogen and oxygen atoms in total. The van der Waals surface area contributed by atoms with Crippen LogP contribution in [0.3, 0.4) is 0 Å². The summed E-state index contributed by atoms with van der Waals surface area (Å²) in [5, 5.41) is 0.996. The highest BCUT2D eigenvalue weighted by molar-refractivity contribution is 5.98. The molecule has 2 aromatic heterocycles. The largest absolute Gasteiger partial charge is 0.497 e. The van der Waals surface area contributed by atoms with Crippen molar-refractivity contribution in [1.29, 1.82) is 0 Å². The molecule has 1 amide bonds. The predicted molar refractivity (Wildman–Crippen MR) is 116 cm³/mol. The van der Waals surface area contributed by atoms with Gasteiger partial charge in [0.1, 0.15) is 23.9 Å². The number of amides is 1. The van der Waals surface area contributed by atoms with Crippen molar-refractivity contribution in [1.82, 2.24) is 19.4 Å². The van der Waals surface area contributed by atoms with Crippen molar-refractivity contribution in [3.05, 3.63) is 47.7 Å². The number of ether oxygens (including phenoxy) is 2. The van der Waals surface area contributed by atoms with Crippen LogP contribution in [-0.4, -0.2) is 52.7 Å². The number of nitrogens with zero attached hydrogens (tertiary/aromatic N) is 3. The smallest absolute Gasteiger partial charge is 0.270 e. The molecular formula is C23H30N4O3. The summed E-state index contributed by atoms with van der Waals surface area (Å²) in [6, 6.07) is 7.72. The number of aromatic nitrogens is 3. The third-order valence-corrected chi connectivity index (χ3v) is 6.13. The molecule has 0 radical (unpaired) electrons. The summed E-state index contributed by atoms with van der Waals surface area (Å²) in [6.45, 7) is 5.18. The Bertz CT molecular complexity index is 1010. The Morgan fingerprint density at radius 1 is 1.23 bits per heavy atom. The fourth-order valence-electron chi connectivity index (χ4n) is 4.32. The number of carbonyl (C=O) groups excluding carboxylic acids is 1. The number of carbonyl (C=O) groups is 1. The minimum atomic E-state index is 0.0800. The first kappa shape index (κ1) is 20.5. The highest BCUT2D eigenvalue weighted by atomic mass is 16.5. The van der Waals surface area contributed by atoms with Gasteiger partial charge < -0.3 is 23.9 Å². The number of benzene rings is 1. The van der Waals surface area contributed by atoms with Crippen molar-refractivity contribution in [3.63, 3.8) is 0 Å². The summed E-state index contributed by atoms with van der Waals surface area (Å²) in [5.41, 5.74) is 2.77. The second-order valence-electron chi connectivity index (χ2n) is 8.06. The summed E-state index contributed by atoms with van der Waals surface area (Å²) in [6.07, 6.45) is 5.08. The van der Waals surface area contributed by atoms with Crippen molar-refractivity contribution in [2.75, 3.05) is 27.3 Å². The molecule has 3 aromatic rings. The van der Waals surface area contributed by atoms with Gasteiger partial charge in [-0.3, -0.25) is 4.79 Å². The van der Waals surface area contributed by atoms with E-state index in [-0.39, 0.29) is 5.91 Å². The summed E-state index contributed by atoms with van der Waals surface area (Å²) in [4.78, 5) is 22.6. The molecule has 1 aromatic carbocycles. The second-order valence-corrected chi connectivity index (χ2v) is 8.06. The van der Waals surface area contributed by atoms with Crippen LogP contribution in [-0.2, 0) is 17.9 Å². The first-order valence-electron chi connectivity index (χ1n) is 10.5. The van der Waals surface area contributed by atoms with E-state index in [9.17, 15) is 4.79 Å². The Labute approximate surface area is 177 Å². The Balaban J connectivity index is 1.33. The molecular weight excluding hydrogens is 380 g/mol. The predicted octanol–water partition coefficient (Wildman–Crippen LogP) is 3.77. The van der Waals surface area contributed by atoms with Crippen LogP contribution in [0.5, 0.6) is 5.75 Å². The van der Waals surface area contributed by atoms with Gasteiger partial charge in [0.05, 0.1) is 7.11 Å². The van der Waals surface area contributed by atoms with Gasteiger partial charge in [0.15, 0.2) is 0 Å². The lowest BCUT2D eigenvalue weighted by Gasteiger charge is -2.32. The zero-order valence-electron chi connectivity index (χ0n) is 18.0. The van der Waals surface area contributed by atoms with Crippen LogP contribution < -0.4 is 4.74 Å². The zero-order chi connectivity index (χ0) is 21.1. The van der Waals surface area contributed by atoms with Crippen molar-refractivity contribution in [2.45, 2.75) is 39.3 Å². The average molecular weight is 411 g/mol. The number of aryl methyl sites for hydroxylation is 1. The maximum Gasteiger partial charge on any atom is 0.270 e. The lowest BCUT2D eigenvalue weighted by atomic mass is 9.93. The molecule has 1 fully saturated rings. The van der Waals surface area contributed by atoms with Crippen LogP contribution in [0.2, 0.25) is 0 Å². The standard InChI is InChI=1S/C23H30N4O3/c1-16-14-24-22(15-29-2)27(16)11-8-17-6-9-26(10-7-17)23(28)21-13-18-12-19(30-3)4-5-20(18)25-21/h4-5,12-14,17,25H,6-11,15H2,1-3H3. The van der Waals surface area contributed by atoms with Crippen molar-refractivity contribution >= 4 is 16.8 Å². The molecule has 0 unspecified atom stereocenters. The molecule has 0 aliphatic carbocycles. The van der Waals surface area contributed by atoms with E-state index in [0.29, 0.717) is 18.2 Å². The Hall–Kier alpha value is -2.80. The quantitative estimate of drug-likeness (QED) is 0.644. The van der Waals surface area contributed by atoms with E-state index in [1.54, 1.807) is 14.2 Å². The molecule has 0 atom stereocenters. The summed E-state index contributed by atoms with van der Waals surface area (Å²) in [7, 11) is 3.35. The van der Waals surface area contributed by atoms with Crippen LogP contribution in [0.1, 0.15) is 41.3 Å². The highest BCUT2D eigenvalue weighted by Gasteiger charge is 2.25. The summed E-state index contributed by atoms with van der Waals surface area (Å²) in [5.74, 6) is 2.48. The molecule has 1 N–H and O–H groups in total. The molecule has 1 aliphatic heterocycles. The normalized spacial score (nSPS) is 15.1. The van der Waals surface area contributed by atoms with E-state index in [1.165, 1.54) is 5.69 Å². The topological polar surface area (TPSA) is 72.4 Å². The monoisotopic (exact) mass is 410 g/mol. The van der Waals surface area contributed by atoms with Gasteiger partial charge in [-0.15, -0.1) is 0 Å². The zero-order valence-corrected chi connectivity index (χ0v) is 18.0. The van der Waals surface area contributed by atoms with Crippen molar-refractivity contribution < 1.29 is 14.3 Å². The van der Waals surface area contributed by atoms with Gasteiger partial charge >= 0.3 is 0 Å². The number of piperidine rings is 1. The number of hydrogen-bond donors (Lipinski definition) is 1. The van der Waals surface area contributed by atoms with Gasteiger partial charge in [0, 0.05) is 49.5 Å². The van der Waals surface area contributed by atoms with E-state index in [4.69, 9.17) is 9.47 Å². The van der Waals surface area contributed by atoms with E-state index in [1.807, 2.05) is 35.4 Å². The number of methoxy groups -OCH3 is 2. The lowest BCUT2D eigenvalue weighted by molar-refractivity contribution is 0.0679. The molecule has 160 valence electrons. The first-order valence-corrected chi connectivity index (χ1v) is 10.5. The van der Waals surface area contributed by atoms with Gasteiger partial charge in [-0.1, -0.05) is 0 Å². The minimum absolute atomic E-state index is 0.0800. The maximum atomic E-state index is 13.0. The molecule has 30 heavy (non-hydrogen) atoms. The van der Waals surface area contributed by atoms with E-state index >= 15 is 0 Å². The molecule has 7 heteroatoms. The Morgan fingerprint density at radius 3 is 2.77 bits per heavy atom. The number of imidazole rings is 1. The second kappa shape index (κ2) is 8.92. The van der Waals surface area contributed by atoms with Crippen LogP contribution in [0.15, 0.2) is 30.5 Å². The lowest BCUT2D eigenvalue weighted by Crippen LogP contribution is -2.38. The maximum absolute atomic E-state index is 13.0. The van der Waals surface area contributed by atoms with Crippen LogP contribution in [0.25, 0.3) is 10.9 Å². The third kappa shape index (κ3) is 4.21. The molecule has 1 aliphatic rings. The third-order valence-electron chi connectivity index (χ3n) is 6.13. The van der Waals surface area contributed by atoms with Gasteiger partial charge in [0.2, 0.25) is 0 Å². The van der Waals surface area contributed by atoms with Crippen LogP contribution in [0, 0.1) is 12.8 Å². The van der Waals surface area contributed by atoms with E-state index in [2.05, 4.69) is 21.5 Å². The van der Waals surface area contributed by atoms with Crippen LogP contribution in [0.4, 0.5) is 0 Å². The summed E-state index contributed by atoms with van der Waals surface area (Å²) < 4.78 is 12.8. The SMILES string of the molecule is COCc1ncc(C)n1CCC1CCN(C(=O)c2cc3cc(OC)ccc3[nH]2)CC1. The number of H-pyrrole nitrogens is 1. The number of fused-ring (bicyclic) bond motifs is 1. The van der Waals surface area contributed by atoms with Gasteiger partial charge in [-0.05, 0) is 56.4 Å². The van der Waals surface area contributed by atoms with Gasteiger partial charge in [-0.2, -0.15) is 0 Å². The van der Waals surface area contributed by atoms with Gasteiger partial charge in [-0.25, -0.2) is 4.98 Å². The molecule has 0 bridgehead atoms. The molecule has 4 rings (SSSR count). The highest BCUT2D eigenvalue weighted by Crippen LogP contribution is 2.25. The average Bonchev–Trinajstić information content (AvgIpc) is 3.35. The molecule has 3 heterocycles. The fourth-order valence-corrected chi connectivity index (χ4v) is 4.32. The Morgan fingerprint density at radius 2 is 2.03 bits per heavy atom. The van der Waals surface area contributed by atoms with Crippen molar-refractivity contribution in [2.24, 2.45) is 5.92 Å². The van der Waals surface area contributed by atoms with Gasteiger partial charge in [0.25, 0.3) is 5.91 Å². The number of nitrogens with one attached hydrogen (secondary N) is 1. The number of aromatic amines is 1. The van der Waals surface area contributed by atoms with Crippen molar-refractivity contribution in [3.8, 4) is 5.75 Å². The Kier molecular flexibility index (Phi) is 6.08. The number of likely N-dealkylation sites (tertiary alicyclic amines) is 1. The number of hydrogen-bond acceptors (Lipinski definition) is 4. The number of rotatable bonds is 7. The molecule has 0 spiro atoms. The fraction of sp³-hybridized carbons (Fsp3) is 0.478. The van der Waals surface area contributed by atoms with E-state index < -0.39 is 0 Å².